The van der Waals surface area contributed by atoms with Crippen LogP contribution in [0.4, 0.5) is 0 Å². The molecule has 3 nitrogen and oxygen atoms in total. The van der Waals surface area contributed by atoms with Crippen LogP contribution in [0.2, 0.25) is 0 Å². The lowest BCUT2D eigenvalue weighted by molar-refractivity contribution is 0.152. The molecule has 102 valence electrons. The molecule has 1 aliphatic carbocycles. The van der Waals surface area contributed by atoms with Gasteiger partial charge in [0.15, 0.2) is 0 Å². The van der Waals surface area contributed by atoms with Gasteiger partial charge in [-0.1, -0.05) is 43.5 Å². The van der Waals surface area contributed by atoms with Crippen LogP contribution in [-0.4, -0.2) is 11.7 Å². The van der Waals surface area contributed by atoms with E-state index in [-0.39, 0.29) is 17.6 Å². The Balaban J connectivity index is 2.37. The average molecular weight is 266 g/mol. The minimum Gasteiger partial charge on any atom is -0.395 e. The van der Waals surface area contributed by atoms with Gasteiger partial charge in [0.2, 0.25) is 0 Å². The number of rotatable bonds is 3. The van der Waals surface area contributed by atoms with Crippen molar-refractivity contribution in [3.8, 4) is 12.1 Å². The summed E-state index contributed by atoms with van der Waals surface area (Å²) in [5.41, 5.74) is 1.91. The maximum absolute atomic E-state index is 9.84. The molecular formula is C17H18N2O. The van der Waals surface area contributed by atoms with Gasteiger partial charge in [0, 0.05) is 5.41 Å². The van der Waals surface area contributed by atoms with E-state index in [1.807, 2.05) is 36.4 Å². The summed E-state index contributed by atoms with van der Waals surface area (Å²) in [5.74, 6) is 0. The van der Waals surface area contributed by atoms with E-state index in [9.17, 15) is 5.11 Å². The monoisotopic (exact) mass is 266 g/mol. The summed E-state index contributed by atoms with van der Waals surface area (Å²) >= 11 is 0. The summed E-state index contributed by atoms with van der Waals surface area (Å²) in [5, 5.41) is 27.5. The van der Waals surface area contributed by atoms with Gasteiger partial charge in [0.05, 0.1) is 6.61 Å². The van der Waals surface area contributed by atoms with Crippen molar-refractivity contribution in [2.24, 2.45) is 0 Å². The first kappa shape index (κ1) is 14.3. The van der Waals surface area contributed by atoms with E-state index in [1.54, 1.807) is 6.08 Å². The van der Waals surface area contributed by atoms with Crippen LogP contribution in [0.15, 0.2) is 29.8 Å². The summed E-state index contributed by atoms with van der Waals surface area (Å²) in [7, 11) is 0. The molecule has 0 saturated heterocycles. The normalized spacial score (nSPS) is 16.8. The molecule has 20 heavy (non-hydrogen) atoms. The number of aliphatic hydroxyl groups excluding tert-OH is 1. The lowest BCUT2D eigenvalue weighted by Gasteiger charge is -2.36. The van der Waals surface area contributed by atoms with Crippen molar-refractivity contribution in [1.29, 1.82) is 10.5 Å². The molecule has 1 aromatic carbocycles. The zero-order valence-electron chi connectivity index (χ0n) is 11.5. The maximum atomic E-state index is 9.84. The molecule has 3 heteroatoms. The fourth-order valence-corrected chi connectivity index (χ4v) is 2.98. The molecule has 0 atom stereocenters. The number of allylic oxidation sites excluding steroid dienone is 1. The van der Waals surface area contributed by atoms with Gasteiger partial charge < -0.3 is 5.11 Å². The Bertz CT molecular complexity index is 568. The molecule has 0 heterocycles. The van der Waals surface area contributed by atoms with Crippen LogP contribution in [-0.2, 0) is 5.41 Å². The fourth-order valence-electron chi connectivity index (χ4n) is 2.98. The molecule has 1 N–H and O–H groups in total. The molecule has 2 rings (SSSR count). The summed E-state index contributed by atoms with van der Waals surface area (Å²) in [6.07, 6.45) is 7.11. The van der Waals surface area contributed by atoms with E-state index >= 15 is 0 Å². The highest BCUT2D eigenvalue weighted by Gasteiger charge is 2.33. The zero-order valence-corrected chi connectivity index (χ0v) is 11.5. The highest BCUT2D eigenvalue weighted by Crippen LogP contribution is 2.39. The van der Waals surface area contributed by atoms with Crippen molar-refractivity contribution in [3.63, 3.8) is 0 Å². The first-order valence-corrected chi connectivity index (χ1v) is 6.97. The van der Waals surface area contributed by atoms with Crippen molar-refractivity contribution in [2.75, 3.05) is 6.61 Å². The number of benzene rings is 1. The van der Waals surface area contributed by atoms with Crippen LogP contribution in [0.25, 0.3) is 6.08 Å². The Morgan fingerprint density at radius 1 is 1.20 bits per heavy atom. The van der Waals surface area contributed by atoms with Gasteiger partial charge in [-0.15, -0.1) is 0 Å². The van der Waals surface area contributed by atoms with Crippen molar-refractivity contribution < 1.29 is 5.11 Å². The van der Waals surface area contributed by atoms with Gasteiger partial charge >= 0.3 is 0 Å². The largest absolute Gasteiger partial charge is 0.395 e. The predicted molar refractivity (Wildman–Crippen MR) is 77.5 cm³/mol. The summed E-state index contributed by atoms with van der Waals surface area (Å²) < 4.78 is 0. The van der Waals surface area contributed by atoms with Crippen molar-refractivity contribution in [3.05, 3.63) is 41.0 Å². The quantitative estimate of drug-likeness (QED) is 0.853. The number of aliphatic hydroxyl groups is 1. The Morgan fingerprint density at radius 3 is 2.50 bits per heavy atom. The molecular weight excluding hydrogens is 248 g/mol. The number of nitrogens with zero attached hydrogens (tertiary/aromatic N) is 2. The Kier molecular flexibility index (Phi) is 4.56. The third kappa shape index (κ3) is 2.90. The lowest BCUT2D eigenvalue weighted by atomic mass is 9.70. The van der Waals surface area contributed by atoms with Gasteiger partial charge in [-0.25, -0.2) is 0 Å². The van der Waals surface area contributed by atoms with Gasteiger partial charge in [-0.05, 0) is 30.0 Å². The van der Waals surface area contributed by atoms with Crippen molar-refractivity contribution in [2.45, 2.75) is 37.5 Å². The van der Waals surface area contributed by atoms with Crippen LogP contribution in [0.3, 0.4) is 0 Å². The van der Waals surface area contributed by atoms with E-state index in [2.05, 4.69) is 0 Å². The Morgan fingerprint density at radius 2 is 1.90 bits per heavy atom. The highest BCUT2D eigenvalue weighted by molar-refractivity contribution is 5.62. The second-order valence-corrected chi connectivity index (χ2v) is 5.41. The summed E-state index contributed by atoms with van der Waals surface area (Å²) in [4.78, 5) is 0. The lowest BCUT2D eigenvalue weighted by Crippen LogP contribution is -2.33. The molecule has 1 fully saturated rings. The van der Waals surface area contributed by atoms with Crippen molar-refractivity contribution in [1.82, 2.24) is 0 Å². The van der Waals surface area contributed by atoms with E-state index in [4.69, 9.17) is 10.5 Å². The molecule has 1 aromatic rings. The number of hydrogen-bond acceptors (Lipinski definition) is 3. The van der Waals surface area contributed by atoms with Gasteiger partial charge in [0.25, 0.3) is 0 Å². The third-order valence-corrected chi connectivity index (χ3v) is 4.16. The first-order chi connectivity index (χ1) is 9.74. The number of nitriles is 2. The molecule has 1 aliphatic rings. The third-order valence-electron chi connectivity index (χ3n) is 4.16. The number of hydrogen-bond donors (Lipinski definition) is 1. The van der Waals surface area contributed by atoms with Gasteiger partial charge in [-0.3, -0.25) is 0 Å². The van der Waals surface area contributed by atoms with E-state index in [0.717, 1.165) is 36.8 Å². The smallest absolute Gasteiger partial charge is 0.130 e. The molecule has 0 radical (unpaired) electrons. The molecule has 0 aromatic heterocycles. The SMILES string of the molecule is N#CC(C#N)=Cc1cccc(C2(CO)CCCCC2)c1. The van der Waals surface area contributed by atoms with Gasteiger partial charge in [0.1, 0.15) is 17.7 Å². The zero-order chi connectivity index (χ0) is 14.4. The Labute approximate surface area is 119 Å². The highest BCUT2D eigenvalue weighted by atomic mass is 16.3. The van der Waals surface area contributed by atoms with Crippen LogP contribution >= 0.6 is 0 Å². The van der Waals surface area contributed by atoms with Crippen LogP contribution in [0.5, 0.6) is 0 Å². The van der Waals surface area contributed by atoms with Crippen LogP contribution < -0.4 is 0 Å². The molecule has 0 aliphatic heterocycles. The maximum Gasteiger partial charge on any atom is 0.130 e. The predicted octanol–water partition coefficient (Wildman–Crippen LogP) is 3.31. The van der Waals surface area contributed by atoms with Crippen molar-refractivity contribution >= 4 is 6.08 Å². The molecule has 0 unspecified atom stereocenters. The topological polar surface area (TPSA) is 67.8 Å². The van der Waals surface area contributed by atoms with E-state index < -0.39 is 0 Å². The molecule has 1 saturated carbocycles. The second kappa shape index (κ2) is 6.37. The van der Waals surface area contributed by atoms with E-state index in [0.29, 0.717) is 0 Å². The summed E-state index contributed by atoms with van der Waals surface area (Å²) in [6, 6.07) is 11.6. The molecule has 0 bridgehead atoms. The second-order valence-electron chi connectivity index (χ2n) is 5.41. The first-order valence-electron chi connectivity index (χ1n) is 6.97. The standard InChI is InChI=1S/C17H18N2O/c18-11-15(12-19)9-14-5-4-6-16(10-14)17(13-20)7-2-1-3-8-17/h4-6,9-10,20H,1-3,7-8,13H2. The fraction of sp³-hybridized carbons (Fsp3) is 0.412. The molecule has 0 amide bonds. The van der Waals surface area contributed by atoms with Crippen LogP contribution in [0.1, 0.15) is 43.2 Å². The average Bonchev–Trinajstić information content (AvgIpc) is 2.53. The van der Waals surface area contributed by atoms with Crippen LogP contribution in [0, 0.1) is 22.7 Å². The van der Waals surface area contributed by atoms with E-state index in [1.165, 1.54) is 6.42 Å². The van der Waals surface area contributed by atoms with Gasteiger partial charge in [-0.2, -0.15) is 10.5 Å². The minimum atomic E-state index is -0.151. The minimum absolute atomic E-state index is 0.101. The molecule has 0 spiro atoms. The Hall–Kier alpha value is -2.10. The summed E-state index contributed by atoms with van der Waals surface area (Å²) in [6.45, 7) is 0.156.